The van der Waals surface area contributed by atoms with Crippen LogP contribution in [0.2, 0.25) is 0 Å². The van der Waals surface area contributed by atoms with Crippen LogP contribution in [0.1, 0.15) is 12.5 Å². The maximum Gasteiger partial charge on any atom is 0.334 e. The zero-order chi connectivity index (χ0) is 24.3. The van der Waals surface area contributed by atoms with Crippen molar-refractivity contribution in [3.05, 3.63) is 23.8 Å². The zero-order valence-corrected chi connectivity index (χ0v) is 21.1. The summed E-state index contributed by atoms with van der Waals surface area (Å²) in [4.78, 5) is 17.1. The Kier molecular flexibility index (Phi) is 10.9. The Morgan fingerprint density at radius 3 is 2.39 bits per heavy atom. The van der Waals surface area contributed by atoms with Gasteiger partial charge in [-0.25, -0.2) is 4.79 Å². The average molecular weight is 486 g/mol. The van der Waals surface area contributed by atoms with E-state index in [1.807, 2.05) is 21.1 Å². The first kappa shape index (κ1) is 27.4. The molecule has 33 heavy (non-hydrogen) atoms. The Hall–Kier alpha value is -1.85. The number of esters is 1. The number of ether oxygens (including phenoxy) is 5. The number of methoxy groups -OCH3 is 1. The summed E-state index contributed by atoms with van der Waals surface area (Å²) in [6.07, 6.45) is 0. The van der Waals surface area contributed by atoms with Crippen LogP contribution >= 0.6 is 11.8 Å². The van der Waals surface area contributed by atoms with Crippen molar-refractivity contribution in [3.8, 4) is 11.5 Å². The van der Waals surface area contributed by atoms with Crippen LogP contribution in [0.15, 0.2) is 23.2 Å². The van der Waals surface area contributed by atoms with Gasteiger partial charge in [0.15, 0.2) is 5.54 Å². The number of aliphatic imine (C=N–C) groups is 1. The molecule has 0 fully saturated rings. The van der Waals surface area contributed by atoms with E-state index in [9.17, 15) is 9.90 Å². The van der Waals surface area contributed by atoms with Crippen LogP contribution in [0.4, 0.5) is 0 Å². The van der Waals surface area contributed by atoms with E-state index in [0.29, 0.717) is 72.8 Å². The number of likely N-dealkylation sites (N-methyl/N-ethyl adjacent to an activating group) is 1. The van der Waals surface area contributed by atoms with E-state index in [4.69, 9.17) is 23.7 Å². The van der Waals surface area contributed by atoms with Crippen molar-refractivity contribution >= 4 is 22.8 Å². The summed E-state index contributed by atoms with van der Waals surface area (Å²) in [5.41, 5.74) is -0.392. The molecular formula is C23H37N2O7S+. The molecule has 1 aliphatic heterocycles. The monoisotopic (exact) mass is 485 g/mol. The Bertz CT molecular complexity index is 798. The second-order valence-corrected chi connectivity index (χ2v) is 9.84. The number of quaternary nitrogens is 1. The summed E-state index contributed by atoms with van der Waals surface area (Å²) >= 11 is 1.43. The van der Waals surface area contributed by atoms with Gasteiger partial charge in [0.05, 0.1) is 54.2 Å². The number of thioether (sulfide) groups is 1. The van der Waals surface area contributed by atoms with Crippen molar-refractivity contribution in [1.82, 2.24) is 0 Å². The van der Waals surface area contributed by atoms with Gasteiger partial charge in [0.2, 0.25) is 0 Å². The molecular weight excluding hydrogens is 448 g/mol. The van der Waals surface area contributed by atoms with Crippen molar-refractivity contribution in [1.29, 1.82) is 0 Å². The molecule has 1 N–H and O–H groups in total. The lowest BCUT2D eigenvalue weighted by Gasteiger charge is -2.24. The number of carbonyl (C=O) groups is 1. The molecule has 1 heterocycles. The molecule has 0 spiro atoms. The number of rotatable bonds is 15. The normalized spacial score (nSPS) is 18.3. The Morgan fingerprint density at radius 1 is 1.09 bits per heavy atom. The van der Waals surface area contributed by atoms with Gasteiger partial charge < -0.3 is 33.3 Å². The first-order chi connectivity index (χ1) is 15.6. The van der Waals surface area contributed by atoms with Crippen molar-refractivity contribution in [2.24, 2.45) is 4.99 Å². The highest BCUT2D eigenvalue weighted by Crippen LogP contribution is 2.36. The number of hydrogen-bond donors (Lipinski definition) is 1. The molecule has 186 valence electrons. The Morgan fingerprint density at radius 2 is 1.76 bits per heavy atom. The quantitative estimate of drug-likeness (QED) is 0.229. The predicted octanol–water partition coefficient (Wildman–Crippen LogP) is 1.95. The smallest absolute Gasteiger partial charge is 0.334 e. The number of aromatic hydroxyl groups is 1. The van der Waals surface area contributed by atoms with Gasteiger partial charge in [0.1, 0.15) is 36.3 Å². The number of benzene rings is 1. The van der Waals surface area contributed by atoms with Gasteiger partial charge in [-0.05, 0) is 19.1 Å². The van der Waals surface area contributed by atoms with Gasteiger partial charge in [0, 0.05) is 24.5 Å². The zero-order valence-electron chi connectivity index (χ0n) is 20.3. The van der Waals surface area contributed by atoms with E-state index in [1.54, 1.807) is 32.2 Å². The topological polar surface area (TPSA) is 95.8 Å². The number of carbonyl (C=O) groups excluding carboxylic acids is 1. The molecule has 1 unspecified atom stereocenters. The molecule has 9 nitrogen and oxygen atoms in total. The van der Waals surface area contributed by atoms with Gasteiger partial charge in [-0.1, -0.05) is 0 Å². The minimum Gasteiger partial charge on any atom is -0.507 e. The van der Waals surface area contributed by atoms with Crippen molar-refractivity contribution in [2.75, 3.05) is 86.8 Å². The summed E-state index contributed by atoms with van der Waals surface area (Å²) in [6.45, 7) is 5.67. The maximum atomic E-state index is 12.6. The third kappa shape index (κ3) is 9.50. The molecule has 1 aliphatic rings. The molecule has 0 amide bonds. The van der Waals surface area contributed by atoms with Crippen molar-refractivity contribution < 1.29 is 38.1 Å². The fraction of sp³-hybridized carbons (Fsp3) is 0.652. The molecule has 0 radical (unpaired) electrons. The third-order valence-corrected chi connectivity index (χ3v) is 6.06. The molecule has 0 bridgehead atoms. The standard InChI is InChI=1S/C23H36N2O7S/c1-23(22(27)32-9-8-25(2,3)4)17-33-21(24-23)19-7-6-18(16-20(19)26)31-15-14-30-13-12-29-11-10-28-5/h6-7,16H,8-15,17H2,1-5H3/p+1. The van der Waals surface area contributed by atoms with E-state index >= 15 is 0 Å². The molecule has 1 aromatic rings. The number of phenolic OH excluding ortho intramolecular Hbond substituents is 1. The molecule has 0 aromatic heterocycles. The van der Waals surface area contributed by atoms with E-state index in [1.165, 1.54) is 11.8 Å². The fourth-order valence-electron chi connectivity index (χ4n) is 2.77. The SMILES string of the molecule is COCCOCCOCCOc1ccc(C2=NC(C)(C(=O)OCC[N+](C)(C)C)CS2)c(O)c1. The Labute approximate surface area is 200 Å². The summed E-state index contributed by atoms with van der Waals surface area (Å²) in [5.74, 6) is 0.702. The highest BCUT2D eigenvalue weighted by Gasteiger charge is 2.40. The molecule has 1 atom stereocenters. The molecule has 2 rings (SSSR count). The van der Waals surface area contributed by atoms with Gasteiger partial charge in [-0.15, -0.1) is 11.8 Å². The average Bonchev–Trinajstić information content (AvgIpc) is 3.15. The van der Waals surface area contributed by atoms with Crippen LogP contribution in [0.25, 0.3) is 0 Å². The van der Waals surface area contributed by atoms with Crippen LogP contribution in [-0.2, 0) is 23.7 Å². The molecule has 0 saturated carbocycles. The maximum absolute atomic E-state index is 12.6. The van der Waals surface area contributed by atoms with E-state index in [-0.39, 0.29) is 11.7 Å². The first-order valence-electron chi connectivity index (χ1n) is 11.0. The lowest BCUT2D eigenvalue weighted by atomic mass is 10.1. The second-order valence-electron chi connectivity index (χ2n) is 8.87. The lowest BCUT2D eigenvalue weighted by Crippen LogP contribution is -2.41. The van der Waals surface area contributed by atoms with Crippen molar-refractivity contribution in [3.63, 3.8) is 0 Å². The van der Waals surface area contributed by atoms with Gasteiger partial charge in [-0.3, -0.25) is 4.99 Å². The van der Waals surface area contributed by atoms with Crippen molar-refractivity contribution in [2.45, 2.75) is 12.5 Å². The number of phenols is 1. The predicted molar refractivity (Wildman–Crippen MR) is 128 cm³/mol. The van der Waals surface area contributed by atoms with Crippen LogP contribution in [0.3, 0.4) is 0 Å². The fourth-order valence-corrected chi connectivity index (χ4v) is 3.97. The lowest BCUT2D eigenvalue weighted by molar-refractivity contribution is -0.870. The summed E-state index contributed by atoms with van der Waals surface area (Å²) < 4.78 is 27.4. The third-order valence-electron chi connectivity index (χ3n) is 4.77. The van der Waals surface area contributed by atoms with Crippen LogP contribution in [0, 0.1) is 0 Å². The van der Waals surface area contributed by atoms with Gasteiger partial charge in [-0.2, -0.15) is 0 Å². The number of nitrogens with zero attached hydrogens (tertiary/aromatic N) is 2. The van der Waals surface area contributed by atoms with E-state index < -0.39 is 5.54 Å². The molecule has 10 heteroatoms. The van der Waals surface area contributed by atoms with E-state index in [0.717, 1.165) is 6.54 Å². The summed E-state index contributed by atoms with van der Waals surface area (Å²) in [7, 11) is 7.76. The van der Waals surface area contributed by atoms with Gasteiger partial charge >= 0.3 is 5.97 Å². The molecule has 0 saturated heterocycles. The number of hydrogen-bond acceptors (Lipinski definition) is 9. The highest BCUT2D eigenvalue weighted by molar-refractivity contribution is 8.14. The second kappa shape index (κ2) is 13.1. The highest BCUT2D eigenvalue weighted by atomic mass is 32.2. The Balaban J connectivity index is 1.81. The largest absolute Gasteiger partial charge is 0.507 e. The van der Waals surface area contributed by atoms with Crippen LogP contribution < -0.4 is 4.74 Å². The minimum atomic E-state index is -0.961. The molecule has 0 aliphatic carbocycles. The van der Waals surface area contributed by atoms with Gasteiger partial charge in [0.25, 0.3) is 0 Å². The summed E-state index contributed by atoms with van der Waals surface area (Å²) in [6, 6.07) is 5.05. The first-order valence-corrected chi connectivity index (χ1v) is 11.9. The van der Waals surface area contributed by atoms with Crippen LogP contribution in [-0.4, -0.2) is 113 Å². The van der Waals surface area contributed by atoms with Crippen LogP contribution in [0.5, 0.6) is 11.5 Å². The molecule has 1 aromatic carbocycles. The summed E-state index contributed by atoms with van der Waals surface area (Å²) in [5, 5.41) is 11.1. The minimum absolute atomic E-state index is 0.0499. The van der Waals surface area contributed by atoms with E-state index in [2.05, 4.69) is 4.99 Å².